The predicted octanol–water partition coefficient (Wildman–Crippen LogP) is 3.01. The van der Waals surface area contributed by atoms with E-state index >= 15 is 0 Å². The highest BCUT2D eigenvalue weighted by Gasteiger charge is 2.29. The lowest BCUT2D eigenvalue weighted by molar-refractivity contribution is 0.0824. The van der Waals surface area contributed by atoms with Crippen LogP contribution < -0.4 is 27.0 Å². The molecule has 9 heteroatoms. The van der Waals surface area contributed by atoms with Crippen LogP contribution in [0.3, 0.4) is 0 Å². The van der Waals surface area contributed by atoms with Gasteiger partial charge in [-0.2, -0.15) is 0 Å². The summed E-state index contributed by atoms with van der Waals surface area (Å²) < 4.78 is 5.38. The standard InChI is InChI=1S/C24H24N4O5/c1-4-16(13-8-9-18-14(12-13)10-11-33-18)26-19-20(23(31)22(19)30)28(25)17-7-5-6-15(21(17)29)24(32)27(2)3/h5-12,16,26,29H,4,25H2,1-3H3. The van der Waals surface area contributed by atoms with E-state index in [9.17, 15) is 19.5 Å². The van der Waals surface area contributed by atoms with Crippen LogP contribution in [0.4, 0.5) is 17.1 Å². The first-order chi connectivity index (χ1) is 15.7. The van der Waals surface area contributed by atoms with Crippen molar-refractivity contribution >= 4 is 33.9 Å². The summed E-state index contributed by atoms with van der Waals surface area (Å²) in [5.41, 5.74) is 0.242. The number of anilines is 3. The highest BCUT2D eigenvalue weighted by Crippen LogP contribution is 2.36. The minimum Gasteiger partial charge on any atom is -0.505 e. The molecule has 0 saturated carbocycles. The van der Waals surface area contributed by atoms with Crippen LogP contribution in [-0.4, -0.2) is 30.0 Å². The minimum absolute atomic E-state index is 0.0287. The van der Waals surface area contributed by atoms with Gasteiger partial charge < -0.3 is 19.7 Å². The molecule has 1 atom stereocenters. The number of amides is 1. The van der Waals surface area contributed by atoms with Crippen LogP contribution in [0.5, 0.6) is 5.75 Å². The number of aromatic hydroxyl groups is 1. The Bertz CT molecular complexity index is 1410. The zero-order valence-electron chi connectivity index (χ0n) is 18.5. The molecule has 1 amide bonds. The molecular formula is C24H24N4O5. The molecule has 0 fully saturated rings. The minimum atomic E-state index is -0.774. The van der Waals surface area contributed by atoms with Crippen molar-refractivity contribution < 1.29 is 14.3 Å². The Morgan fingerprint density at radius 3 is 2.61 bits per heavy atom. The summed E-state index contributed by atoms with van der Waals surface area (Å²) in [6.07, 6.45) is 2.23. The third-order valence-corrected chi connectivity index (χ3v) is 5.64. The van der Waals surface area contributed by atoms with Gasteiger partial charge in [-0.15, -0.1) is 0 Å². The summed E-state index contributed by atoms with van der Waals surface area (Å²) in [6.45, 7) is 1.95. The smallest absolute Gasteiger partial charge is 0.257 e. The van der Waals surface area contributed by atoms with Gasteiger partial charge in [0, 0.05) is 19.5 Å². The third-order valence-electron chi connectivity index (χ3n) is 5.64. The normalized spacial score (nSPS) is 12.1. The fourth-order valence-corrected chi connectivity index (χ4v) is 3.80. The molecule has 3 aromatic carbocycles. The van der Waals surface area contributed by atoms with Crippen LogP contribution in [0.2, 0.25) is 0 Å². The molecule has 0 aliphatic carbocycles. The second kappa shape index (κ2) is 8.44. The molecule has 0 saturated heterocycles. The van der Waals surface area contributed by atoms with Gasteiger partial charge in [0.2, 0.25) is 0 Å². The number of benzene rings is 2. The number of hydrogen-bond donors (Lipinski definition) is 3. The van der Waals surface area contributed by atoms with E-state index in [1.165, 1.54) is 17.0 Å². The molecule has 4 N–H and O–H groups in total. The van der Waals surface area contributed by atoms with Crippen LogP contribution >= 0.6 is 0 Å². The molecule has 170 valence electrons. The Labute approximate surface area is 189 Å². The second-order valence-electron chi connectivity index (χ2n) is 7.95. The number of hydrazine groups is 1. The van der Waals surface area contributed by atoms with E-state index in [1.54, 1.807) is 26.4 Å². The molecule has 9 nitrogen and oxygen atoms in total. The molecule has 0 aliphatic rings. The molecular weight excluding hydrogens is 424 g/mol. The summed E-state index contributed by atoms with van der Waals surface area (Å²) >= 11 is 0. The predicted molar refractivity (Wildman–Crippen MR) is 127 cm³/mol. The third kappa shape index (κ3) is 3.72. The van der Waals surface area contributed by atoms with Gasteiger partial charge in [0.15, 0.2) is 5.75 Å². The van der Waals surface area contributed by atoms with E-state index in [2.05, 4.69) is 5.32 Å². The highest BCUT2D eigenvalue weighted by atomic mass is 16.3. The van der Waals surface area contributed by atoms with Crippen LogP contribution in [0, 0.1) is 0 Å². The molecule has 4 rings (SSSR count). The van der Waals surface area contributed by atoms with Gasteiger partial charge in [-0.3, -0.25) is 19.4 Å². The van der Waals surface area contributed by atoms with Crippen molar-refractivity contribution in [2.24, 2.45) is 5.84 Å². The molecule has 4 aromatic rings. The average molecular weight is 448 g/mol. The highest BCUT2D eigenvalue weighted by molar-refractivity contribution is 5.99. The lowest BCUT2D eigenvalue weighted by Gasteiger charge is -2.27. The van der Waals surface area contributed by atoms with Crippen molar-refractivity contribution in [3.8, 4) is 5.75 Å². The van der Waals surface area contributed by atoms with E-state index in [0.717, 1.165) is 21.5 Å². The molecule has 0 spiro atoms. The number of carbonyl (C=O) groups is 1. The summed E-state index contributed by atoms with van der Waals surface area (Å²) in [6, 6.07) is 11.7. The Morgan fingerprint density at radius 1 is 1.15 bits per heavy atom. The second-order valence-corrected chi connectivity index (χ2v) is 7.95. The van der Waals surface area contributed by atoms with Crippen molar-refractivity contribution in [3.63, 3.8) is 0 Å². The summed E-state index contributed by atoms with van der Waals surface area (Å²) in [5.74, 6) is 5.37. The van der Waals surface area contributed by atoms with E-state index in [1.807, 2.05) is 31.2 Å². The molecule has 33 heavy (non-hydrogen) atoms. The van der Waals surface area contributed by atoms with Crippen molar-refractivity contribution in [3.05, 3.63) is 80.3 Å². The Morgan fingerprint density at radius 2 is 1.91 bits per heavy atom. The van der Waals surface area contributed by atoms with Crippen molar-refractivity contribution in [2.45, 2.75) is 19.4 Å². The molecule has 0 aliphatic heterocycles. The number of phenolic OH excluding ortho intramolecular Hbond substituents is 1. The lowest BCUT2D eigenvalue weighted by Crippen LogP contribution is -2.44. The molecule has 1 aromatic heterocycles. The fraction of sp³-hybridized carbons (Fsp3) is 0.208. The summed E-state index contributed by atoms with van der Waals surface area (Å²) in [7, 11) is 3.11. The number of hydrogen-bond acceptors (Lipinski definition) is 8. The number of carbonyl (C=O) groups excluding carboxylic acids is 1. The SMILES string of the molecule is CCC(Nc1c(N(N)c2cccc(C(=O)N(C)C)c2O)c(=O)c1=O)c1ccc2occc2c1. The number of rotatable bonds is 7. The average Bonchev–Trinajstić information content (AvgIpc) is 3.28. The maximum absolute atomic E-state index is 12.4. The topological polar surface area (TPSA) is 129 Å². The number of furan rings is 1. The first kappa shape index (κ1) is 22.1. The Hall–Kier alpha value is -4.11. The largest absolute Gasteiger partial charge is 0.505 e. The summed E-state index contributed by atoms with van der Waals surface area (Å²) in [4.78, 5) is 38.5. The Kier molecular flexibility index (Phi) is 5.65. The first-order valence-electron chi connectivity index (χ1n) is 10.4. The maximum atomic E-state index is 12.4. The zero-order valence-corrected chi connectivity index (χ0v) is 18.5. The van der Waals surface area contributed by atoms with E-state index in [0.29, 0.717) is 6.42 Å². The molecule has 0 bridgehead atoms. The maximum Gasteiger partial charge on any atom is 0.257 e. The van der Waals surface area contributed by atoms with Crippen molar-refractivity contribution in [1.82, 2.24) is 4.90 Å². The molecule has 1 heterocycles. The van der Waals surface area contributed by atoms with Crippen LogP contribution in [-0.2, 0) is 0 Å². The van der Waals surface area contributed by atoms with E-state index in [-0.39, 0.29) is 34.4 Å². The number of fused-ring (bicyclic) bond motifs is 1. The van der Waals surface area contributed by atoms with Crippen molar-refractivity contribution in [1.29, 1.82) is 0 Å². The number of phenols is 1. The van der Waals surface area contributed by atoms with Crippen LogP contribution in [0.1, 0.15) is 35.3 Å². The molecule has 0 radical (unpaired) electrons. The first-order valence-corrected chi connectivity index (χ1v) is 10.4. The number of nitrogens with zero attached hydrogens (tertiary/aromatic N) is 2. The van der Waals surface area contributed by atoms with Gasteiger partial charge in [0.1, 0.15) is 22.6 Å². The van der Waals surface area contributed by atoms with Crippen LogP contribution in [0.15, 0.2) is 62.7 Å². The van der Waals surface area contributed by atoms with Crippen molar-refractivity contribution in [2.75, 3.05) is 24.4 Å². The number of nitrogens with two attached hydrogens (primary N) is 1. The van der Waals surface area contributed by atoms with Gasteiger partial charge in [-0.1, -0.05) is 19.1 Å². The Balaban J connectivity index is 1.68. The molecule has 1 unspecified atom stereocenters. The van der Waals surface area contributed by atoms with Gasteiger partial charge >= 0.3 is 0 Å². The monoisotopic (exact) mass is 448 g/mol. The fourth-order valence-electron chi connectivity index (χ4n) is 3.80. The summed E-state index contributed by atoms with van der Waals surface area (Å²) in [5, 5.41) is 15.7. The van der Waals surface area contributed by atoms with E-state index < -0.39 is 16.8 Å². The lowest BCUT2D eigenvalue weighted by atomic mass is 10.0. The van der Waals surface area contributed by atoms with Crippen LogP contribution in [0.25, 0.3) is 11.0 Å². The van der Waals surface area contributed by atoms with E-state index in [4.69, 9.17) is 10.3 Å². The quantitative estimate of drug-likeness (QED) is 0.224. The van der Waals surface area contributed by atoms with Gasteiger partial charge in [0.05, 0.1) is 17.9 Å². The van der Waals surface area contributed by atoms with Gasteiger partial charge in [-0.25, -0.2) is 5.84 Å². The number of para-hydroxylation sites is 1. The van der Waals surface area contributed by atoms with Gasteiger partial charge in [-0.05, 0) is 42.3 Å². The van der Waals surface area contributed by atoms with Gasteiger partial charge in [0.25, 0.3) is 16.8 Å². The number of nitrogens with one attached hydrogen (secondary N) is 1. The zero-order chi connectivity index (χ0) is 23.9.